The molecule has 100 valence electrons. The van der Waals surface area contributed by atoms with Gasteiger partial charge in [0.25, 0.3) is 0 Å². The summed E-state index contributed by atoms with van der Waals surface area (Å²) >= 11 is 6.09. The zero-order chi connectivity index (χ0) is 14.0. The highest BCUT2D eigenvalue weighted by Crippen LogP contribution is 2.32. The third-order valence-corrected chi connectivity index (χ3v) is 3.88. The maximum atomic E-state index is 6.09. The van der Waals surface area contributed by atoms with Crippen molar-refractivity contribution in [2.24, 2.45) is 0 Å². The van der Waals surface area contributed by atoms with Gasteiger partial charge in [-0.3, -0.25) is 4.98 Å². The van der Waals surface area contributed by atoms with E-state index in [-0.39, 0.29) is 5.41 Å². The highest BCUT2D eigenvalue weighted by Gasteiger charge is 2.23. The summed E-state index contributed by atoms with van der Waals surface area (Å²) in [5, 5.41) is 0.775. The van der Waals surface area contributed by atoms with Gasteiger partial charge in [0.05, 0.1) is 0 Å². The number of nitrogens with zero attached hydrogens (tertiary/aromatic N) is 1. The van der Waals surface area contributed by atoms with Gasteiger partial charge in [0.1, 0.15) is 0 Å². The van der Waals surface area contributed by atoms with E-state index in [1.807, 2.05) is 24.4 Å². The van der Waals surface area contributed by atoms with Crippen LogP contribution in [0.5, 0.6) is 0 Å². The molecule has 0 spiro atoms. The predicted molar refractivity (Wildman–Crippen MR) is 81.9 cm³/mol. The Balaban J connectivity index is 2.38. The van der Waals surface area contributed by atoms with Gasteiger partial charge in [-0.1, -0.05) is 57.5 Å². The summed E-state index contributed by atoms with van der Waals surface area (Å²) in [7, 11) is 0. The summed E-state index contributed by atoms with van der Waals surface area (Å²) in [4.78, 5) is 4.56. The first-order valence-electron chi connectivity index (χ1n) is 6.63. The zero-order valence-electron chi connectivity index (χ0n) is 11.9. The summed E-state index contributed by atoms with van der Waals surface area (Å²) in [5.41, 5.74) is 3.46. The van der Waals surface area contributed by atoms with Crippen LogP contribution in [0.4, 0.5) is 0 Å². The number of aromatic nitrogens is 1. The Labute approximate surface area is 120 Å². The number of rotatable bonds is 3. The molecule has 0 unspecified atom stereocenters. The smallest absolute Gasteiger partial charge is 0.0429 e. The van der Waals surface area contributed by atoms with Gasteiger partial charge >= 0.3 is 0 Å². The Bertz CT molecular complexity index is 556. The summed E-state index contributed by atoms with van der Waals surface area (Å²) in [5.74, 6) is 0.461. The minimum Gasteiger partial charge on any atom is -0.261 e. The molecule has 0 N–H and O–H groups in total. The van der Waals surface area contributed by atoms with E-state index >= 15 is 0 Å². The summed E-state index contributed by atoms with van der Waals surface area (Å²) < 4.78 is 0. The number of hydrogen-bond acceptors (Lipinski definition) is 1. The van der Waals surface area contributed by atoms with Crippen LogP contribution in [-0.2, 0) is 5.41 Å². The van der Waals surface area contributed by atoms with Crippen LogP contribution in [-0.4, -0.2) is 4.98 Å². The summed E-state index contributed by atoms with van der Waals surface area (Å²) in [6.45, 7) is 8.71. The van der Waals surface area contributed by atoms with Crippen LogP contribution >= 0.6 is 11.6 Å². The Kier molecular flexibility index (Phi) is 3.96. The number of halogens is 1. The Hall–Kier alpha value is -1.34. The number of hydrogen-bond donors (Lipinski definition) is 0. The molecule has 19 heavy (non-hydrogen) atoms. The standard InChI is InChI=1S/C17H20ClN/c1-12(2)16-9-8-14(11-19-16)17(3,4)13-6-5-7-15(18)10-13/h5-12H,1-4H3. The van der Waals surface area contributed by atoms with Crippen molar-refractivity contribution in [1.29, 1.82) is 0 Å². The van der Waals surface area contributed by atoms with Crippen LogP contribution in [0.3, 0.4) is 0 Å². The van der Waals surface area contributed by atoms with Crippen molar-refractivity contribution >= 4 is 11.6 Å². The van der Waals surface area contributed by atoms with Crippen LogP contribution in [0.1, 0.15) is 50.4 Å². The number of benzene rings is 1. The zero-order valence-corrected chi connectivity index (χ0v) is 12.7. The SMILES string of the molecule is CC(C)c1ccc(C(C)(C)c2cccc(Cl)c2)cn1. The van der Waals surface area contributed by atoms with Gasteiger partial charge in [0.15, 0.2) is 0 Å². The molecular formula is C17H20ClN. The minimum atomic E-state index is -0.0899. The molecule has 1 heterocycles. The van der Waals surface area contributed by atoms with Crippen molar-refractivity contribution < 1.29 is 0 Å². The number of pyridine rings is 1. The van der Waals surface area contributed by atoms with E-state index in [9.17, 15) is 0 Å². The summed E-state index contributed by atoms with van der Waals surface area (Å²) in [6.07, 6.45) is 1.98. The molecule has 0 saturated heterocycles. The van der Waals surface area contributed by atoms with Crippen molar-refractivity contribution in [3.05, 3.63) is 64.4 Å². The molecule has 2 rings (SSSR count). The van der Waals surface area contributed by atoms with E-state index in [0.717, 1.165) is 10.7 Å². The van der Waals surface area contributed by atoms with E-state index in [1.54, 1.807) is 0 Å². The van der Waals surface area contributed by atoms with E-state index < -0.39 is 0 Å². The van der Waals surface area contributed by atoms with Crippen LogP contribution in [0, 0.1) is 0 Å². The third-order valence-electron chi connectivity index (χ3n) is 3.65. The van der Waals surface area contributed by atoms with E-state index in [2.05, 4.69) is 50.9 Å². The van der Waals surface area contributed by atoms with Crippen molar-refractivity contribution in [2.75, 3.05) is 0 Å². The van der Waals surface area contributed by atoms with Crippen molar-refractivity contribution in [1.82, 2.24) is 4.98 Å². The normalized spacial score (nSPS) is 11.9. The minimum absolute atomic E-state index is 0.0899. The van der Waals surface area contributed by atoms with E-state index in [4.69, 9.17) is 11.6 Å². The Morgan fingerprint density at radius 1 is 1.05 bits per heavy atom. The second kappa shape index (κ2) is 5.34. The fourth-order valence-electron chi connectivity index (χ4n) is 2.16. The molecule has 0 fully saturated rings. The highest BCUT2D eigenvalue weighted by molar-refractivity contribution is 6.30. The topological polar surface area (TPSA) is 12.9 Å². The lowest BCUT2D eigenvalue weighted by atomic mass is 9.79. The molecule has 1 aromatic carbocycles. The van der Waals surface area contributed by atoms with Crippen molar-refractivity contribution in [3.63, 3.8) is 0 Å². The van der Waals surface area contributed by atoms with Gasteiger partial charge < -0.3 is 0 Å². The first kappa shape index (κ1) is 14.1. The molecule has 0 aliphatic carbocycles. The lowest BCUT2D eigenvalue weighted by Gasteiger charge is -2.26. The molecule has 1 aromatic heterocycles. The lowest BCUT2D eigenvalue weighted by molar-refractivity contribution is 0.635. The molecule has 2 aromatic rings. The molecule has 0 aliphatic rings. The van der Waals surface area contributed by atoms with Crippen LogP contribution in [0.15, 0.2) is 42.6 Å². The Morgan fingerprint density at radius 3 is 2.32 bits per heavy atom. The first-order valence-corrected chi connectivity index (χ1v) is 7.01. The molecule has 1 nitrogen and oxygen atoms in total. The van der Waals surface area contributed by atoms with Crippen molar-refractivity contribution in [2.45, 2.75) is 39.0 Å². The van der Waals surface area contributed by atoms with Gasteiger partial charge in [0, 0.05) is 22.3 Å². The monoisotopic (exact) mass is 273 g/mol. The quantitative estimate of drug-likeness (QED) is 0.750. The van der Waals surface area contributed by atoms with Crippen molar-refractivity contribution in [3.8, 4) is 0 Å². The predicted octanol–water partition coefficient (Wildman–Crippen LogP) is 5.18. The average Bonchev–Trinajstić information content (AvgIpc) is 2.39. The average molecular weight is 274 g/mol. The van der Waals surface area contributed by atoms with Gasteiger partial charge in [-0.25, -0.2) is 0 Å². The molecule has 0 atom stereocenters. The molecule has 0 aliphatic heterocycles. The molecule has 0 bridgehead atoms. The molecule has 0 saturated carbocycles. The van der Waals surface area contributed by atoms with Crippen LogP contribution < -0.4 is 0 Å². The van der Waals surface area contributed by atoms with Crippen LogP contribution in [0.2, 0.25) is 5.02 Å². The molecule has 0 amide bonds. The summed E-state index contributed by atoms with van der Waals surface area (Å²) in [6, 6.07) is 12.3. The van der Waals surface area contributed by atoms with E-state index in [0.29, 0.717) is 5.92 Å². The molecular weight excluding hydrogens is 254 g/mol. The third kappa shape index (κ3) is 2.98. The highest BCUT2D eigenvalue weighted by atomic mass is 35.5. The molecule has 0 radical (unpaired) electrons. The Morgan fingerprint density at radius 2 is 1.79 bits per heavy atom. The molecule has 2 heteroatoms. The fourth-order valence-corrected chi connectivity index (χ4v) is 2.35. The lowest BCUT2D eigenvalue weighted by Crippen LogP contribution is -2.19. The second-order valence-electron chi connectivity index (χ2n) is 5.76. The van der Waals surface area contributed by atoms with Gasteiger partial charge in [-0.2, -0.15) is 0 Å². The fraction of sp³-hybridized carbons (Fsp3) is 0.353. The van der Waals surface area contributed by atoms with Gasteiger partial charge in [-0.15, -0.1) is 0 Å². The maximum Gasteiger partial charge on any atom is 0.0429 e. The second-order valence-corrected chi connectivity index (χ2v) is 6.20. The largest absolute Gasteiger partial charge is 0.261 e. The van der Waals surface area contributed by atoms with Gasteiger partial charge in [0.2, 0.25) is 0 Å². The van der Waals surface area contributed by atoms with Gasteiger partial charge in [-0.05, 0) is 35.2 Å². The van der Waals surface area contributed by atoms with E-state index in [1.165, 1.54) is 11.1 Å². The maximum absolute atomic E-state index is 6.09. The van der Waals surface area contributed by atoms with Crippen LogP contribution in [0.25, 0.3) is 0 Å². The first-order chi connectivity index (χ1) is 8.91.